The molecule has 1 aromatic heterocycles. The minimum atomic E-state index is 0.495. The molecule has 3 nitrogen and oxygen atoms in total. The molecule has 0 radical (unpaired) electrons. The summed E-state index contributed by atoms with van der Waals surface area (Å²) in [6.45, 7) is 8.96. The van der Waals surface area contributed by atoms with Crippen molar-refractivity contribution in [3.63, 3.8) is 0 Å². The van der Waals surface area contributed by atoms with E-state index in [1.807, 2.05) is 6.92 Å². The first-order chi connectivity index (χ1) is 7.49. The molecule has 16 heavy (non-hydrogen) atoms. The van der Waals surface area contributed by atoms with Crippen molar-refractivity contribution >= 4 is 0 Å². The minimum Gasteiger partial charge on any atom is -0.311 e. The molecule has 3 heteroatoms. The van der Waals surface area contributed by atoms with Gasteiger partial charge < -0.3 is 5.32 Å². The molecule has 1 fully saturated rings. The predicted octanol–water partition coefficient (Wildman–Crippen LogP) is 2.43. The number of hydrogen-bond acceptors (Lipinski definition) is 2. The van der Waals surface area contributed by atoms with E-state index in [1.54, 1.807) is 0 Å². The SMILES string of the molecule is Cc1cc(CC(C)NC(C)C2(C)CC2)n[nH]1. The number of nitrogens with one attached hydrogen (secondary N) is 2. The average Bonchev–Trinajstić information content (AvgIpc) is 2.82. The van der Waals surface area contributed by atoms with E-state index < -0.39 is 0 Å². The van der Waals surface area contributed by atoms with Gasteiger partial charge in [-0.1, -0.05) is 6.92 Å². The summed E-state index contributed by atoms with van der Waals surface area (Å²) in [6, 6.07) is 3.24. The van der Waals surface area contributed by atoms with Crippen LogP contribution in [0, 0.1) is 12.3 Å². The van der Waals surface area contributed by atoms with Crippen LogP contribution in [-0.4, -0.2) is 22.3 Å². The van der Waals surface area contributed by atoms with Crippen molar-refractivity contribution in [1.29, 1.82) is 0 Å². The highest BCUT2D eigenvalue weighted by Gasteiger charge is 2.42. The maximum Gasteiger partial charge on any atom is 0.0640 e. The molecule has 2 unspecified atom stereocenters. The van der Waals surface area contributed by atoms with Crippen LogP contribution in [0.4, 0.5) is 0 Å². The van der Waals surface area contributed by atoms with Crippen molar-refractivity contribution in [2.24, 2.45) is 5.41 Å². The highest BCUT2D eigenvalue weighted by Crippen LogP contribution is 2.48. The van der Waals surface area contributed by atoms with Crippen molar-refractivity contribution in [1.82, 2.24) is 15.5 Å². The Labute approximate surface area is 98.0 Å². The molecule has 0 aliphatic heterocycles. The standard InChI is InChI=1S/C13H23N3/c1-9(7-12-8-10(2)15-16-12)14-11(3)13(4)5-6-13/h8-9,11,14H,5-7H2,1-4H3,(H,15,16). The summed E-state index contributed by atoms with van der Waals surface area (Å²) in [7, 11) is 0. The Morgan fingerprint density at radius 3 is 2.69 bits per heavy atom. The summed E-state index contributed by atoms with van der Waals surface area (Å²) in [5, 5.41) is 11.0. The molecule has 1 aliphatic rings. The number of aryl methyl sites for hydroxylation is 1. The number of aromatic nitrogens is 2. The summed E-state index contributed by atoms with van der Waals surface area (Å²) >= 11 is 0. The third-order valence-electron chi connectivity index (χ3n) is 3.89. The molecule has 1 aliphatic carbocycles. The second kappa shape index (κ2) is 4.21. The van der Waals surface area contributed by atoms with Gasteiger partial charge in [0.2, 0.25) is 0 Å². The topological polar surface area (TPSA) is 40.7 Å². The quantitative estimate of drug-likeness (QED) is 0.801. The van der Waals surface area contributed by atoms with Crippen LogP contribution in [0.5, 0.6) is 0 Å². The highest BCUT2D eigenvalue weighted by molar-refractivity contribution is 5.08. The molecule has 0 spiro atoms. The molecule has 1 heterocycles. The first kappa shape index (κ1) is 11.6. The maximum atomic E-state index is 4.28. The molecule has 1 aromatic rings. The number of rotatable bonds is 5. The van der Waals surface area contributed by atoms with Gasteiger partial charge in [-0.2, -0.15) is 5.10 Å². The molecule has 0 bridgehead atoms. The summed E-state index contributed by atoms with van der Waals surface area (Å²) in [5.41, 5.74) is 2.85. The Morgan fingerprint density at radius 2 is 2.19 bits per heavy atom. The number of aromatic amines is 1. The van der Waals surface area contributed by atoms with Gasteiger partial charge in [-0.25, -0.2) is 0 Å². The van der Waals surface area contributed by atoms with Crippen molar-refractivity contribution in [3.8, 4) is 0 Å². The van der Waals surface area contributed by atoms with Crippen molar-refractivity contribution in [3.05, 3.63) is 17.5 Å². The van der Waals surface area contributed by atoms with E-state index in [-0.39, 0.29) is 0 Å². The van der Waals surface area contributed by atoms with Crippen molar-refractivity contribution in [2.45, 2.75) is 59.0 Å². The molecule has 0 saturated heterocycles. The van der Waals surface area contributed by atoms with Crippen LogP contribution in [-0.2, 0) is 6.42 Å². The molecule has 1 saturated carbocycles. The van der Waals surface area contributed by atoms with E-state index in [0.717, 1.165) is 17.8 Å². The van der Waals surface area contributed by atoms with Crippen LogP contribution in [0.2, 0.25) is 0 Å². The summed E-state index contributed by atoms with van der Waals surface area (Å²) in [5.74, 6) is 0. The lowest BCUT2D eigenvalue weighted by molar-refractivity contribution is 0.345. The van der Waals surface area contributed by atoms with Gasteiger partial charge in [0, 0.05) is 24.2 Å². The number of H-pyrrole nitrogens is 1. The Hall–Kier alpha value is -0.830. The fourth-order valence-corrected chi connectivity index (χ4v) is 2.21. The van der Waals surface area contributed by atoms with Crippen LogP contribution >= 0.6 is 0 Å². The van der Waals surface area contributed by atoms with Crippen LogP contribution < -0.4 is 5.32 Å². The van der Waals surface area contributed by atoms with Crippen LogP contribution in [0.15, 0.2) is 6.07 Å². The van der Waals surface area contributed by atoms with Gasteiger partial charge in [-0.3, -0.25) is 5.10 Å². The molecule has 0 amide bonds. The first-order valence-corrected chi connectivity index (χ1v) is 6.26. The Balaban J connectivity index is 1.82. The van der Waals surface area contributed by atoms with Crippen LogP contribution in [0.3, 0.4) is 0 Å². The zero-order valence-corrected chi connectivity index (χ0v) is 10.8. The van der Waals surface area contributed by atoms with E-state index in [0.29, 0.717) is 17.5 Å². The summed E-state index contributed by atoms with van der Waals surface area (Å²) in [4.78, 5) is 0. The maximum absolute atomic E-state index is 4.28. The van der Waals surface area contributed by atoms with Crippen LogP contribution in [0.25, 0.3) is 0 Å². The predicted molar refractivity (Wildman–Crippen MR) is 66.4 cm³/mol. The average molecular weight is 221 g/mol. The highest BCUT2D eigenvalue weighted by atomic mass is 15.1. The molecule has 2 atom stereocenters. The fourth-order valence-electron chi connectivity index (χ4n) is 2.21. The van der Waals surface area contributed by atoms with Gasteiger partial charge in [0.1, 0.15) is 0 Å². The lowest BCUT2D eigenvalue weighted by Gasteiger charge is -2.24. The fraction of sp³-hybridized carbons (Fsp3) is 0.769. The Bertz CT molecular complexity index is 352. The number of nitrogens with zero attached hydrogens (tertiary/aromatic N) is 1. The second-order valence-corrected chi connectivity index (χ2v) is 5.69. The zero-order valence-electron chi connectivity index (χ0n) is 10.8. The van der Waals surface area contributed by atoms with Gasteiger partial charge in [-0.05, 0) is 45.1 Å². The van der Waals surface area contributed by atoms with Gasteiger partial charge in [0.15, 0.2) is 0 Å². The van der Waals surface area contributed by atoms with Gasteiger partial charge in [0.25, 0.3) is 0 Å². The molecular weight excluding hydrogens is 198 g/mol. The van der Waals surface area contributed by atoms with Gasteiger partial charge in [-0.15, -0.1) is 0 Å². The van der Waals surface area contributed by atoms with E-state index in [4.69, 9.17) is 0 Å². The normalized spacial score (nSPS) is 21.8. The monoisotopic (exact) mass is 221 g/mol. The van der Waals surface area contributed by atoms with E-state index in [1.165, 1.54) is 12.8 Å². The van der Waals surface area contributed by atoms with E-state index >= 15 is 0 Å². The molecule has 2 rings (SSSR count). The summed E-state index contributed by atoms with van der Waals surface area (Å²) in [6.07, 6.45) is 3.75. The van der Waals surface area contributed by atoms with E-state index in [9.17, 15) is 0 Å². The lowest BCUT2D eigenvalue weighted by Crippen LogP contribution is -2.40. The number of hydrogen-bond donors (Lipinski definition) is 2. The van der Waals surface area contributed by atoms with Crippen LogP contribution in [0.1, 0.15) is 45.0 Å². The Kier molecular flexibility index (Phi) is 3.06. The van der Waals surface area contributed by atoms with E-state index in [2.05, 4.69) is 42.4 Å². The molecule has 0 aromatic carbocycles. The zero-order chi connectivity index (χ0) is 11.8. The summed E-state index contributed by atoms with van der Waals surface area (Å²) < 4.78 is 0. The van der Waals surface area contributed by atoms with Gasteiger partial charge >= 0.3 is 0 Å². The third kappa shape index (κ3) is 2.64. The largest absolute Gasteiger partial charge is 0.311 e. The third-order valence-corrected chi connectivity index (χ3v) is 3.89. The molecule has 90 valence electrons. The van der Waals surface area contributed by atoms with Crippen molar-refractivity contribution < 1.29 is 0 Å². The smallest absolute Gasteiger partial charge is 0.0640 e. The minimum absolute atomic E-state index is 0.495. The first-order valence-electron chi connectivity index (χ1n) is 6.26. The molecule has 2 N–H and O–H groups in total. The Morgan fingerprint density at radius 1 is 1.50 bits per heavy atom. The van der Waals surface area contributed by atoms with Crippen molar-refractivity contribution in [2.75, 3.05) is 0 Å². The van der Waals surface area contributed by atoms with Gasteiger partial charge in [0.05, 0.1) is 5.69 Å². The lowest BCUT2D eigenvalue weighted by atomic mass is 9.99. The second-order valence-electron chi connectivity index (χ2n) is 5.69. The molecular formula is C13H23N3.